The van der Waals surface area contributed by atoms with Crippen molar-refractivity contribution < 1.29 is 59.9 Å². The van der Waals surface area contributed by atoms with E-state index >= 15 is 0 Å². The first kappa shape index (κ1) is 37.6. The van der Waals surface area contributed by atoms with E-state index in [1.165, 1.54) is 6.08 Å². The van der Waals surface area contributed by atoms with Gasteiger partial charge in [-0.2, -0.15) is 0 Å². The van der Waals surface area contributed by atoms with Gasteiger partial charge >= 0.3 is 17.1 Å². The number of aromatic nitrogens is 4. The van der Waals surface area contributed by atoms with Crippen LogP contribution in [0.2, 0.25) is 0 Å². The topological polar surface area (TPSA) is 171 Å². The minimum atomic E-state index is -0.428. The minimum Gasteiger partial charge on any atom is -0.657 e. The standard InChI is InChI=1S/C48H27N5O10.Cu/c54-53(55)35-19-34-46(26-3-13-38-42(17-26)62-22-58-38)32-8-7-30(50-32)44(24-1-11-36-40(15-24)60-20-56-36)28-5-6-29(49-28)45(25-2-12-37-41(16-25)61-21-57-37)31-9-10-33(51-31)47(48(35)52-34)27-4-14-39-43(18-27)63-23-59-39;/h1-19H,20-23H2;/q-2;+2. The summed E-state index contributed by atoms with van der Waals surface area (Å²) in [5, 5.41) is 13.3. The molecule has 6 aliphatic rings. The Morgan fingerprint density at radius 3 is 1.17 bits per heavy atom. The number of hydrogen-bond donors (Lipinski definition) is 0. The molecule has 64 heavy (non-hydrogen) atoms. The molecule has 13 rings (SSSR count). The quantitative estimate of drug-likeness (QED) is 0.0910. The van der Waals surface area contributed by atoms with Crippen molar-refractivity contribution in [2.45, 2.75) is 0 Å². The summed E-state index contributed by atoms with van der Waals surface area (Å²) >= 11 is 0. The van der Waals surface area contributed by atoms with E-state index in [0.717, 1.165) is 11.1 Å². The third-order valence-corrected chi connectivity index (χ3v) is 11.5. The molecule has 16 heteroatoms. The summed E-state index contributed by atoms with van der Waals surface area (Å²) in [7, 11) is 0. The third kappa shape index (κ3) is 5.95. The van der Waals surface area contributed by atoms with Crippen LogP contribution in [0.15, 0.2) is 97.1 Å². The Morgan fingerprint density at radius 2 is 0.781 bits per heavy atom. The zero-order chi connectivity index (χ0) is 41.8. The van der Waals surface area contributed by atoms with Gasteiger partial charge in [0.2, 0.25) is 27.2 Å². The Labute approximate surface area is 372 Å². The summed E-state index contributed by atoms with van der Waals surface area (Å²) in [6, 6.07) is 29.8. The van der Waals surface area contributed by atoms with Crippen LogP contribution in [0, 0.1) is 10.1 Å². The van der Waals surface area contributed by atoms with E-state index in [-0.39, 0.29) is 55.6 Å². The molecule has 0 saturated heterocycles. The first-order chi connectivity index (χ1) is 31.0. The fourth-order valence-electron chi connectivity index (χ4n) is 8.68. The van der Waals surface area contributed by atoms with Crippen molar-refractivity contribution in [3.8, 4) is 90.5 Å². The molecule has 15 nitrogen and oxygen atoms in total. The van der Waals surface area contributed by atoms with E-state index in [1.54, 1.807) is 18.2 Å². The smallest absolute Gasteiger partial charge is 0.657 e. The van der Waals surface area contributed by atoms with Gasteiger partial charge in [-0.15, -0.1) is 22.1 Å². The van der Waals surface area contributed by atoms with Gasteiger partial charge in [-0.1, -0.05) is 48.5 Å². The molecule has 9 heterocycles. The van der Waals surface area contributed by atoms with E-state index in [9.17, 15) is 10.1 Å². The number of hydrogen-bond acceptors (Lipinski definition) is 12. The van der Waals surface area contributed by atoms with Gasteiger partial charge in [0.1, 0.15) is 5.69 Å². The Balaban J connectivity index is 0.00000433. The van der Waals surface area contributed by atoms with Gasteiger partial charge in [0.25, 0.3) is 5.70 Å². The average Bonchev–Trinajstić information content (AvgIpc) is 4.15. The van der Waals surface area contributed by atoms with E-state index in [4.69, 9.17) is 57.8 Å². The number of nitrogens with zero attached hydrogens (tertiary/aromatic N) is 5. The van der Waals surface area contributed by atoms with Crippen LogP contribution >= 0.6 is 0 Å². The van der Waals surface area contributed by atoms with Crippen LogP contribution in [-0.4, -0.2) is 42.1 Å². The second kappa shape index (κ2) is 14.4. The zero-order valence-corrected chi connectivity index (χ0v) is 33.9. The molecular weight excluding hydrogens is 870 g/mol. The molecule has 0 atom stereocenters. The number of nitro groups is 1. The molecule has 6 aliphatic heterocycles. The summed E-state index contributed by atoms with van der Waals surface area (Å²) in [6.07, 6.45) is 5.38. The molecule has 0 N–H and O–H groups in total. The van der Waals surface area contributed by atoms with Crippen molar-refractivity contribution in [1.29, 1.82) is 0 Å². The zero-order valence-electron chi connectivity index (χ0n) is 32.9. The van der Waals surface area contributed by atoms with Crippen LogP contribution in [0.5, 0.6) is 46.0 Å². The largest absolute Gasteiger partial charge is 2.00 e. The molecule has 1 radical (unpaired) electrons. The van der Waals surface area contributed by atoms with E-state index < -0.39 is 4.92 Å². The fraction of sp³-hybridized carbons (Fsp3) is 0.0833. The molecule has 0 saturated carbocycles. The first-order valence-corrected chi connectivity index (χ1v) is 19.8. The van der Waals surface area contributed by atoms with Crippen LogP contribution in [-0.2, 0) is 17.1 Å². The molecule has 3 aromatic heterocycles. The van der Waals surface area contributed by atoms with E-state index in [0.29, 0.717) is 119 Å². The van der Waals surface area contributed by atoms with Crippen LogP contribution in [0.25, 0.3) is 90.5 Å². The summed E-state index contributed by atoms with van der Waals surface area (Å²) in [4.78, 5) is 33.8. The third-order valence-electron chi connectivity index (χ3n) is 11.5. The predicted molar refractivity (Wildman–Crippen MR) is 229 cm³/mol. The van der Waals surface area contributed by atoms with Gasteiger partial charge in [0.05, 0.1) is 22.0 Å². The van der Waals surface area contributed by atoms with Gasteiger partial charge in [-0.3, -0.25) is 10.1 Å². The molecule has 8 bridgehead atoms. The maximum atomic E-state index is 13.3. The van der Waals surface area contributed by atoms with Crippen LogP contribution in [0.1, 0.15) is 22.8 Å². The Bertz CT molecular complexity index is 3430. The summed E-state index contributed by atoms with van der Waals surface area (Å²) in [5.41, 5.74) is 8.62. The first-order valence-electron chi connectivity index (χ1n) is 19.8. The SMILES string of the molecule is O=[N+]([O-])C1=Cc2nc1c(-c1ccc3c(c1)OCO3)c1ccc([n-]1)c(-c1ccc3c(c1)OCO3)c1nc(c(-c3ccc4c(c3)OCO4)c3ccc([n-]3)c2-c2ccc3c(c2)OCO3)C=C1.[Cu+2]. The monoisotopic (exact) mass is 896 g/mol. The Kier molecular flexibility index (Phi) is 8.47. The molecule has 0 aliphatic carbocycles. The average molecular weight is 897 g/mol. The summed E-state index contributed by atoms with van der Waals surface area (Å²) in [6.45, 7) is 0.320. The number of rotatable bonds is 5. The maximum absolute atomic E-state index is 13.3. The van der Waals surface area contributed by atoms with Crippen molar-refractivity contribution in [2.24, 2.45) is 0 Å². The van der Waals surface area contributed by atoms with Crippen LogP contribution in [0.4, 0.5) is 0 Å². The molecule has 0 unspecified atom stereocenters. The summed E-state index contributed by atoms with van der Waals surface area (Å²) < 4.78 is 45.9. The molecular formula is C48H27CuN5O10. The van der Waals surface area contributed by atoms with Gasteiger partial charge in [0.15, 0.2) is 46.0 Å². The molecule has 0 amide bonds. The molecule has 4 aromatic carbocycles. The second-order valence-electron chi connectivity index (χ2n) is 15.1. The molecule has 7 aromatic rings. The van der Waals surface area contributed by atoms with Crippen molar-refractivity contribution in [3.63, 3.8) is 0 Å². The minimum absolute atomic E-state index is 0. The van der Waals surface area contributed by atoms with Crippen molar-refractivity contribution in [2.75, 3.05) is 27.2 Å². The Hall–Kier alpha value is -8.20. The second-order valence-corrected chi connectivity index (χ2v) is 15.1. The number of benzene rings is 4. The normalized spacial score (nSPS) is 14.4. The van der Waals surface area contributed by atoms with Crippen LogP contribution < -0.4 is 47.9 Å². The predicted octanol–water partition coefficient (Wildman–Crippen LogP) is 9.10. The Morgan fingerprint density at radius 1 is 0.438 bits per heavy atom. The maximum Gasteiger partial charge on any atom is 2.00 e. The summed E-state index contributed by atoms with van der Waals surface area (Å²) in [5.74, 6) is 4.58. The van der Waals surface area contributed by atoms with E-state index in [1.807, 2.05) is 91.0 Å². The van der Waals surface area contributed by atoms with Gasteiger partial charge in [-0.05, 0) is 105 Å². The van der Waals surface area contributed by atoms with Gasteiger partial charge in [-0.25, -0.2) is 9.97 Å². The molecule has 0 spiro atoms. The molecule has 315 valence electrons. The van der Waals surface area contributed by atoms with Gasteiger partial charge < -0.3 is 47.9 Å². The fourth-order valence-corrected chi connectivity index (χ4v) is 8.68. The number of fused-ring (bicyclic) bond motifs is 12. The van der Waals surface area contributed by atoms with Crippen molar-refractivity contribution in [3.05, 3.63) is 130 Å². The van der Waals surface area contributed by atoms with Crippen molar-refractivity contribution in [1.82, 2.24) is 19.9 Å². The van der Waals surface area contributed by atoms with Crippen molar-refractivity contribution >= 4 is 46.0 Å². The number of ether oxygens (including phenoxy) is 8. The van der Waals surface area contributed by atoms with E-state index in [2.05, 4.69) is 0 Å². The molecule has 0 fully saturated rings. The van der Waals surface area contributed by atoms with Crippen LogP contribution in [0.3, 0.4) is 0 Å². The van der Waals surface area contributed by atoms with Gasteiger partial charge in [0, 0.05) is 6.08 Å².